The summed E-state index contributed by atoms with van der Waals surface area (Å²) in [7, 11) is 0. The summed E-state index contributed by atoms with van der Waals surface area (Å²) < 4.78 is 11.4. The maximum absolute atomic E-state index is 11.4. The van der Waals surface area contributed by atoms with Crippen molar-refractivity contribution in [2.75, 3.05) is 13.2 Å². The van der Waals surface area contributed by atoms with Crippen LogP contribution in [0.1, 0.15) is 87.1 Å². The molecule has 34 heavy (non-hydrogen) atoms. The Morgan fingerprint density at radius 1 is 0.971 bits per heavy atom. The number of carbonyl (C=O) groups is 1. The van der Waals surface area contributed by atoms with Gasteiger partial charge in [-0.15, -0.1) is 0 Å². The van der Waals surface area contributed by atoms with E-state index in [1.807, 2.05) is 0 Å². The third kappa shape index (κ3) is 7.09. The quantitative estimate of drug-likeness (QED) is 0.184. The number of hydrogen-bond acceptors (Lipinski definition) is 3. The molecule has 0 radical (unpaired) electrons. The topological polar surface area (TPSA) is 35.5 Å². The standard InChI is InChI=1S/C31H40O3/c1-5-24-17-18-28(25(6-2)21-24)27-15-11-13-26-14-12-16-30(29(26)22-27)33-19-9-7-8-10-20-34-31(32)23(3)4/h12,14,16-18,21-22H,3,5-11,13,15,19-20H2,1-2,4H3. The van der Waals surface area contributed by atoms with Crippen LogP contribution >= 0.6 is 0 Å². The molecule has 0 bridgehead atoms. The van der Waals surface area contributed by atoms with E-state index in [1.54, 1.807) is 6.92 Å². The van der Waals surface area contributed by atoms with E-state index < -0.39 is 0 Å². The van der Waals surface area contributed by atoms with E-state index in [1.165, 1.54) is 33.4 Å². The van der Waals surface area contributed by atoms with Gasteiger partial charge in [0.1, 0.15) is 5.75 Å². The molecule has 0 fully saturated rings. The summed E-state index contributed by atoms with van der Waals surface area (Å²) in [5, 5.41) is 0. The summed E-state index contributed by atoms with van der Waals surface area (Å²) in [4.78, 5) is 11.4. The number of rotatable bonds is 12. The zero-order chi connectivity index (χ0) is 24.3. The molecule has 2 aromatic carbocycles. The maximum atomic E-state index is 11.4. The van der Waals surface area contributed by atoms with Crippen molar-refractivity contribution >= 4 is 17.6 Å². The first-order chi connectivity index (χ1) is 16.5. The molecular weight excluding hydrogens is 420 g/mol. The number of allylic oxidation sites excluding steroid dienone is 1. The summed E-state index contributed by atoms with van der Waals surface area (Å²) in [6, 6.07) is 13.5. The number of esters is 1. The second-order valence-corrected chi connectivity index (χ2v) is 9.23. The fourth-order valence-electron chi connectivity index (χ4n) is 4.53. The van der Waals surface area contributed by atoms with Crippen molar-refractivity contribution in [1.29, 1.82) is 0 Å². The molecule has 1 aliphatic rings. The molecule has 0 amide bonds. The summed E-state index contributed by atoms with van der Waals surface area (Å²) in [6.07, 6.45) is 11.8. The van der Waals surface area contributed by atoms with Crippen LogP contribution in [0.5, 0.6) is 5.75 Å². The van der Waals surface area contributed by atoms with Gasteiger partial charge in [-0.1, -0.05) is 50.8 Å². The van der Waals surface area contributed by atoms with Crippen molar-refractivity contribution in [1.82, 2.24) is 0 Å². The summed E-state index contributed by atoms with van der Waals surface area (Å²) in [5.41, 5.74) is 8.78. The molecule has 0 heterocycles. The van der Waals surface area contributed by atoms with Gasteiger partial charge in [0.25, 0.3) is 0 Å². The van der Waals surface area contributed by atoms with Crippen molar-refractivity contribution in [2.24, 2.45) is 0 Å². The first-order valence-electron chi connectivity index (χ1n) is 12.9. The molecule has 0 N–H and O–H groups in total. The van der Waals surface area contributed by atoms with Gasteiger partial charge in [-0.3, -0.25) is 0 Å². The summed E-state index contributed by atoms with van der Waals surface area (Å²) in [6.45, 7) is 10.9. The lowest BCUT2D eigenvalue weighted by atomic mass is 9.92. The Hall–Kier alpha value is -2.81. The molecule has 3 heteroatoms. The lowest BCUT2D eigenvalue weighted by Crippen LogP contribution is -2.06. The van der Waals surface area contributed by atoms with Crippen LogP contribution in [0.25, 0.3) is 11.6 Å². The monoisotopic (exact) mass is 460 g/mol. The Labute approximate surface area is 205 Å². The fraction of sp³-hybridized carbons (Fsp3) is 0.452. The molecule has 0 spiro atoms. The molecule has 0 atom stereocenters. The van der Waals surface area contributed by atoms with E-state index in [9.17, 15) is 4.79 Å². The molecule has 0 saturated heterocycles. The highest BCUT2D eigenvalue weighted by Crippen LogP contribution is 2.36. The van der Waals surface area contributed by atoms with E-state index in [0.717, 1.165) is 63.5 Å². The second kappa shape index (κ2) is 13.2. The molecule has 0 aromatic heterocycles. The van der Waals surface area contributed by atoms with Crippen LogP contribution in [0.4, 0.5) is 0 Å². The fourth-order valence-corrected chi connectivity index (χ4v) is 4.53. The third-order valence-electron chi connectivity index (χ3n) is 6.55. The lowest BCUT2D eigenvalue weighted by molar-refractivity contribution is -0.139. The first-order valence-corrected chi connectivity index (χ1v) is 12.9. The molecule has 182 valence electrons. The van der Waals surface area contributed by atoms with Gasteiger partial charge < -0.3 is 9.47 Å². The zero-order valence-corrected chi connectivity index (χ0v) is 21.3. The predicted molar refractivity (Wildman–Crippen MR) is 142 cm³/mol. The van der Waals surface area contributed by atoms with E-state index in [-0.39, 0.29) is 5.97 Å². The molecule has 0 aliphatic heterocycles. The lowest BCUT2D eigenvalue weighted by Gasteiger charge is -2.14. The molecule has 2 aromatic rings. The summed E-state index contributed by atoms with van der Waals surface area (Å²) >= 11 is 0. The highest BCUT2D eigenvalue weighted by Gasteiger charge is 2.16. The molecule has 0 saturated carbocycles. The number of aryl methyl sites for hydroxylation is 3. The van der Waals surface area contributed by atoms with E-state index >= 15 is 0 Å². The van der Waals surface area contributed by atoms with E-state index in [0.29, 0.717) is 18.8 Å². The highest BCUT2D eigenvalue weighted by molar-refractivity contribution is 5.87. The normalized spacial score (nSPS) is 13.0. The maximum Gasteiger partial charge on any atom is 0.333 e. The molecule has 0 unspecified atom stereocenters. The molecular formula is C31H40O3. The average Bonchev–Trinajstić information content (AvgIpc) is 3.08. The Kier molecular flexibility index (Phi) is 10.00. The minimum Gasteiger partial charge on any atom is -0.493 e. The Bertz CT molecular complexity index is 1020. The van der Waals surface area contributed by atoms with Gasteiger partial charge in [0, 0.05) is 11.1 Å². The van der Waals surface area contributed by atoms with E-state index in [4.69, 9.17) is 9.47 Å². The van der Waals surface area contributed by atoms with Gasteiger partial charge in [0.2, 0.25) is 0 Å². The van der Waals surface area contributed by atoms with Crippen molar-refractivity contribution in [2.45, 2.75) is 78.6 Å². The third-order valence-corrected chi connectivity index (χ3v) is 6.55. The van der Waals surface area contributed by atoms with Crippen molar-refractivity contribution < 1.29 is 14.3 Å². The second-order valence-electron chi connectivity index (χ2n) is 9.23. The van der Waals surface area contributed by atoms with Crippen LogP contribution in [0.15, 0.2) is 48.6 Å². The minimum absolute atomic E-state index is 0.298. The van der Waals surface area contributed by atoms with Gasteiger partial charge in [0.15, 0.2) is 0 Å². The molecule has 3 rings (SSSR count). The Morgan fingerprint density at radius 3 is 2.50 bits per heavy atom. The van der Waals surface area contributed by atoms with Crippen LogP contribution in [0, 0.1) is 0 Å². The minimum atomic E-state index is -0.298. The summed E-state index contributed by atoms with van der Waals surface area (Å²) in [5.74, 6) is 0.698. The molecule has 3 nitrogen and oxygen atoms in total. The van der Waals surface area contributed by atoms with Crippen molar-refractivity contribution in [3.63, 3.8) is 0 Å². The largest absolute Gasteiger partial charge is 0.493 e. The van der Waals surface area contributed by atoms with Crippen LogP contribution in [-0.2, 0) is 28.8 Å². The van der Waals surface area contributed by atoms with Gasteiger partial charge in [0.05, 0.1) is 13.2 Å². The van der Waals surface area contributed by atoms with Crippen molar-refractivity contribution in [3.05, 3.63) is 76.4 Å². The van der Waals surface area contributed by atoms with E-state index in [2.05, 4.69) is 62.9 Å². The number of unbranched alkanes of at least 4 members (excludes halogenated alkanes) is 3. The number of carbonyl (C=O) groups excluding carboxylic acids is 1. The van der Waals surface area contributed by atoms with Crippen molar-refractivity contribution in [3.8, 4) is 5.75 Å². The highest BCUT2D eigenvalue weighted by atomic mass is 16.5. The molecule has 1 aliphatic carbocycles. The number of benzene rings is 2. The smallest absolute Gasteiger partial charge is 0.333 e. The first kappa shape index (κ1) is 25.8. The number of hydrogen-bond donors (Lipinski definition) is 0. The SMILES string of the molecule is C=C(C)C(=O)OCCCCCCOc1cccc2c1C=C(c1ccc(CC)cc1CC)CCC2. The van der Waals surface area contributed by atoms with Gasteiger partial charge in [-0.25, -0.2) is 4.79 Å². The average molecular weight is 461 g/mol. The Morgan fingerprint density at radius 2 is 1.76 bits per heavy atom. The van der Waals surface area contributed by atoms with Gasteiger partial charge in [-0.2, -0.15) is 0 Å². The van der Waals surface area contributed by atoms with Gasteiger partial charge >= 0.3 is 5.97 Å². The van der Waals surface area contributed by atoms with Crippen LogP contribution in [-0.4, -0.2) is 19.2 Å². The Balaban J connectivity index is 1.61. The van der Waals surface area contributed by atoms with Crippen LogP contribution in [0.2, 0.25) is 0 Å². The zero-order valence-electron chi connectivity index (χ0n) is 21.3. The van der Waals surface area contributed by atoms with Crippen LogP contribution < -0.4 is 4.74 Å². The number of ether oxygens (including phenoxy) is 2. The predicted octanol–water partition coefficient (Wildman–Crippen LogP) is 7.75. The number of fused-ring (bicyclic) bond motifs is 1. The van der Waals surface area contributed by atoms with Crippen LogP contribution in [0.3, 0.4) is 0 Å². The van der Waals surface area contributed by atoms with Gasteiger partial charge in [-0.05, 0) is 105 Å².